The number of likely N-dealkylation sites (tertiary alicyclic amines) is 1. The molecule has 1 atom stereocenters. The van der Waals surface area contributed by atoms with E-state index in [1.54, 1.807) is 23.1 Å². The lowest BCUT2D eigenvalue weighted by Gasteiger charge is -2.24. The lowest BCUT2D eigenvalue weighted by molar-refractivity contribution is -0.138. The van der Waals surface area contributed by atoms with E-state index in [0.29, 0.717) is 38.0 Å². The van der Waals surface area contributed by atoms with Crippen molar-refractivity contribution in [3.8, 4) is 0 Å². The summed E-state index contributed by atoms with van der Waals surface area (Å²) in [5.74, 6) is -0.686. The maximum atomic E-state index is 12.6. The molecule has 136 valence electrons. The van der Waals surface area contributed by atoms with E-state index < -0.39 is 11.9 Å². The zero-order chi connectivity index (χ0) is 18.2. The largest absolute Gasteiger partial charge is 0.366 e. The minimum absolute atomic E-state index is 0.0734. The zero-order valence-electron chi connectivity index (χ0n) is 14.4. The number of benzene rings is 1. The number of amides is 3. The molecule has 1 aromatic rings. The number of carbonyl (C=O) groups excluding carboxylic acids is 3. The molecular weight excluding hydrogens is 320 g/mol. The van der Waals surface area contributed by atoms with Gasteiger partial charge in [-0.1, -0.05) is 18.2 Å². The Morgan fingerprint density at radius 3 is 2.72 bits per heavy atom. The predicted molar refractivity (Wildman–Crippen MR) is 94.7 cm³/mol. The summed E-state index contributed by atoms with van der Waals surface area (Å²) in [4.78, 5) is 37.9. The van der Waals surface area contributed by atoms with Gasteiger partial charge < -0.3 is 21.7 Å². The van der Waals surface area contributed by atoms with Gasteiger partial charge in [0.15, 0.2) is 0 Å². The van der Waals surface area contributed by atoms with Crippen molar-refractivity contribution >= 4 is 17.7 Å². The summed E-state index contributed by atoms with van der Waals surface area (Å²) in [6, 6.07) is 6.61. The van der Waals surface area contributed by atoms with Crippen LogP contribution in [0.15, 0.2) is 24.3 Å². The summed E-state index contributed by atoms with van der Waals surface area (Å²) in [6.45, 7) is 1.64. The van der Waals surface area contributed by atoms with Crippen molar-refractivity contribution in [1.82, 2.24) is 10.2 Å². The molecule has 7 heteroatoms. The Morgan fingerprint density at radius 2 is 2.00 bits per heavy atom. The maximum Gasteiger partial charge on any atom is 0.248 e. The molecule has 0 aromatic heterocycles. The average Bonchev–Trinajstić information content (AvgIpc) is 3.10. The van der Waals surface area contributed by atoms with Crippen molar-refractivity contribution < 1.29 is 14.4 Å². The lowest BCUT2D eigenvalue weighted by Crippen LogP contribution is -2.46. The molecule has 1 heterocycles. The average molecular weight is 346 g/mol. The first-order chi connectivity index (χ1) is 12.0. The number of aryl methyl sites for hydroxylation is 1. The molecule has 2 rings (SSSR count). The van der Waals surface area contributed by atoms with Crippen LogP contribution in [-0.2, 0) is 16.0 Å². The van der Waals surface area contributed by atoms with Crippen molar-refractivity contribution in [3.05, 3.63) is 35.4 Å². The summed E-state index contributed by atoms with van der Waals surface area (Å²) in [5, 5.41) is 2.83. The summed E-state index contributed by atoms with van der Waals surface area (Å²) in [5.41, 5.74) is 12.0. The topological polar surface area (TPSA) is 119 Å². The first kappa shape index (κ1) is 18.9. The Balaban J connectivity index is 1.93. The fraction of sp³-hybridized carbons (Fsp3) is 0.500. The normalized spacial score (nSPS) is 16.7. The highest BCUT2D eigenvalue weighted by molar-refractivity contribution is 5.94. The molecule has 0 saturated carbocycles. The van der Waals surface area contributed by atoms with E-state index in [-0.39, 0.29) is 18.2 Å². The summed E-state index contributed by atoms with van der Waals surface area (Å²) in [7, 11) is 0. The minimum Gasteiger partial charge on any atom is -0.366 e. The highest BCUT2D eigenvalue weighted by atomic mass is 16.2. The molecule has 0 unspecified atom stereocenters. The highest BCUT2D eigenvalue weighted by Gasteiger charge is 2.33. The van der Waals surface area contributed by atoms with Crippen LogP contribution >= 0.6 is 0 Å². The lowest BCUT2D eigenvalue weighted by atomic mass is 10.0. The van der Waals surface area contributed by atoms with E-state index in [1.807, 2.05) is 6.07 Å². The van der Waals surface area contributed by atoms with Crippen LogP contribution in [0.1, 0.15) is 41.6 Å². The number of hydrogen-bond donors (Lipinski definition) is 3. The Labute approximate surface area is 147 Å². The van der Waals surface area contributed by atoms with Gasteiger partial charge >= 0.3 is 0 Å². The van der Waals surface area contributed by atoms with Crippen LogP contribution in [0.4, 0.5) is 0 Å². The first-order valence-corrected chi connectivity index (χ1v) is 8.69. The van der Waals surface area contributed by atoms with Crippen molar-refractivity contribution in [2.24, 2.45) is 11.5 Å². The predicted octanol–water partition coefficient (Wildman–Crippen LogP) is 0.174. The molecular formula is C18H26N4O3. The molecule has 0 spiro atoms. The molecule has 1 aliphatic heterocycles. The fourth-order valence-electron chi connectivity index (χ4n) is 3.13. The Hall–Kier alpha value is -2.41. The molecule has 0 radical (unpaired) electrons. The fourth-order valence-corrected chi connectivity index (χ4v) is 3.13. The SMILES string of the molecule is NCCCNC(=O)[C@@H]1CCCN1C(=O)CCc1ccccc1C(N)=O. The van der Waals surface area contributed by atoms with Crippen molar-refractivity contribution in [2.75, 3.05) is 19.6 Å². The third-order valence-corrected chi connectivity index (χ3v) is 4.45. The van der Waals surface area contributed by atoms with Gasteiger partial charge in [-0.15, -0.1) is 0 Å². The molecule has 5 N–H and O–H groups in total. The van der Waals surface area contributed by atoms with Gasteiger partial charge in [-0.05, 0) is 43.9 Å². The quantitative estimate of drug-likeness (QED) is 0.582. The Morgan fingerprint density at radius 1 is 1.24 bits per heavy atom. The van der Waals surface area contributed by atoms with E-state index >= 15 is 0 Å². The van der Waals surface area contributed by atoms with Crippen molar-refractivity contribution in [3.63, 3.8) is 0 Å². The summed E-state index contributed by atoms with van der Waals surface area (Å²) >= 11 is 0. The van der Waals surface area contributed by atoms with Gasteiger partial charge in [0.1, 0.15) is 6.04 Å². The van der Waals surface area contributed by atoms with Crippen LogP contribution in [-0.4, -0.2) is 48.3 Å². The molecule has 0 bridgehead atoms. The van der Waals surface area contributed by atoms with E-state index in [2.05, 4.69) is 5.32 Å². The second-order valence-corrected chi connectivity index (χ2v) is 6.20. The number of primary amides is 1. The number of nitrogens with zero attached hydrogens (tertiary/aromatic N) is 1. The molecule has 1 aromatic carbocycles. The Bertz CT molecular complexity index is 633. The van der Waals surface area contributed by atoms with Crippen LogP contribution in [0.25, 0.3) is 0 Å². The van der Waals surface area contributed by atoms with Gasteiger partial charge in [0.25, 0.3) is 0 Å². The second kappa shape index (κ2) is 9.17. The number of nitrogens with two attached hydrogens (primary N) is 2. The third kappa shape index (κ3) is 5.03. The number of nitrogens with one attached hydrogen (secondary N) is 1. The Kier molecular flexibility index (Phi) is 6.94. The molecule has 1 saturated heterocycles. The van der Waals surface area contributed by atoms with Gasteiger partial charge in [0, 0.05) is 25.1 Å². The van der Waals surface area contributed by atoms with Gasteiger partial charge in [-0.25, -0.2) is 0 Å². The molecule has 0 aliphatic carbocycles. The van der Waals surface area contributed by atoms with Crippen molar-refractivity contribution in [1.29, 1.82) is 0 Å². The zero-order valence-corrected chi connectivity index (χ0v) is 14.4. The van der Waals surface area contributed by atoms with Crippen LogP contribution in [0, 0.1) is 0 Å². The maximum absolute atomic E-state index is 12.6. The molecule has 1 fully saturated rings. The van der Waals surface area contributed by atoms with E-state index in [4.69, 9.17) is 11.5 Å². The molecule has 3 amide bonds. The van der Waals surface area contributed by atoms with Gasteiger partial charge in [-0.3, -0.25) is 14.4 Å². The monoisotopic (exact) mass is 346 g/mol. The second-order valence-electron chi connectivity index (χ2n) is 6.20. The van der Waals surface area contributed by atoms with Crippen LogP contribution in [0.3, 0.4) is 0 Å². The van der Waals surface area contributed by atoms with Gasteiger partial charge in [0.2, 0.25) is 17.7 Å². The van der Waals surface area contributed by atoms with Crippen LogP contribution < -0.4 is 16.8 Å². The van der Waals surface area contributed by atoms with Crippen molar-refractivity contribution in [2.45, 2.75) is 38.1 Å². The molecule has 25 heavy (non-hydrogen) atoms. The van der Waals surface area contributed by atoms with Crippen LogP contribution in [0.2, 0.25) is 0 Å². The standard InChI is InChI=1S/C18H26N4O3/c19-10-4-11-21-18(25)15-7-3-12-22(15)16(23)9-8-13-5-1-2-6-14(13)17(20)24/h1-2,5-6,15H,3-4,7-12,19H2,(H2,20,24)(H,21,25)/t15-/m0/s1. The van der Waals surface area contributed by atoms with E-state index in [9.17, 15) is 14.4 Å². The van der Waals surface area contributed by atoms with Gasteiger partial charge in [-0.2, -0.15) is 0 Å². The number of rotatable bonds is 8. The smallest absolute Gasteiger partial charge is 0.248 e. The first-order valence-electron chi connectivity index (χ1n) is 8.69. The molecule has 7 nitrogen and oxygen atoms in total. The molecule has 1 aliphatic rings. The number of hydrogen-bond acceptors (Lipinski definition) is 4. The van der Waals surface area contributed by atoms with E-state index in [1.165, 1.54) is 0 Å². The van der Waals surface area contributed by atoms with Gasteiger partial charge in [0.05, 0.1) is 0 Å². The summed E-state index contributed by atoms with van der Waals surface area (Å²) in [6.07, 6.45) is 2.89. The number of carbonyl (C=O) groups is 3. The summed E-state index contributed by atoms with van der Waals surface area (Å²) < 4.78 is 0. The highest BCUT2D eigenvalue weighted by Crippen LogP contribution is 2.20. The third-order valence-electron chi connectivity index (χ3n) is 4.45. The van der Waals surface area contributed by atoms with E-state index in [0.717, 1.165) is 18.4 Å². The minimum atomic E-state index is -0.499. The van der Waals surface area contributed by atoms with Crippen LogP contribution in [0.5, 0.6) is 0 Å².